The molecule has 2 aliphatic heterocycles. The second kappa shape index (κ2) is 9.11. The first-order chi connectivity index (χ1) is 16.0. The van der Waals surface area contributed by atoms with Gasteiger partial charge in [-0.25, -0.2) is 4.39 Å². The van der Waals surface area contributed by atoms with Crippen molar-refractivity contribution in [3.63, 3.8) is 0 Å². The van der Waals surface area contributed by atoms with Crippen LogP contribution in [0.2, 0.25) is 0 Å². The fourth-order valence-corrected chi connectivity index (χ4v) is 4.33. The van der Waals surface area contributed by atoms with Gasteiger partial charge in [0.1, 0.15) is 12.4 Å². The molecule has 0 saturated carbocycles. The molecular formula is C25H29F3N2O4. The Labute approximate surface area is 196 Å². The van der Waals surface area contributed by atoms with Crippen molar-refractivity contribution in [2.24, 2.45) is 5.92 Å². The average molecular weight is 479 g/mol. The highest BCUT2D eigenvalue weighted by molar-refractivity contribution is 5.94. The van der Waals surface area contributed by atoms with E-state index >= 15 is 0 Å². The van der Waals surface area contributed by atoms with Crippen LogP contribution in [0.1, 0.15) is 53.9 Å². The molecule has 6 nitrogen and oxygen atoms in total. The van der Waals surface area contributed by atoms with Crippen molar-refractivity contribution in [2.75, 3.05) is 31.5 Å². The number of aliphatic hydroxyl groups is 1. The van der Waals surface area contributed by atoms with E-state index in [1.807, 2.05) is 6.07 Å². The number of nitrogens with one attached hydrogen (secondary N) is 1. The van der Waals surface area contributed by atoms with Gasteiger partial charge in [0.2, 0.25) is 6.86 Å². The van der Waals surface area contributed by atoms with Gasteiger partial charge in [0, 0.05) is 47.5 Å². The number of amides is 1. The molecule has 0 unspecified atom stereocenters. The van der Waals surface area contributed by atoms with Crippen LogP contribution in [-0.4, -0.2) is 43.2 Å². The number of fused-ring (bicyclic) bond motifs is 1. The SMILES string of the molecule is C[C@H](NC(=O)c1ccc2c(c1)COCC2(F)F)c1ccc(N2CC(C(C)(C)O)C2)cc1OCF. The molecule has 2 aromatic carbocycles. The number of anilines is 1. The number of hydrogen-bond donors (Lipinski definition) is 2. The van der Waals surface area contributed by atoms with E-state index in [1.54, 1.807) is 32.9 Å². The largest absolute Gasteiger partial charge is 0.462 e. The molecular weight excluding hydrogens is 449 g/mol. The van der Waals surface area contributed by atoms with Crippen LogP contribution in [0.25, 0.3) is 0 Å². The van der Waals surface area contributed by atoms with Gasteiger partial charge in [-0.2, -0.15) is 8.78 Å². The maximum atomic E-state index is 14.0. The zero-order valence-electron chi connectivity index (χ0n) is 19.4. The highest BCUT2D eigenvalue weighted by Gasteiger charge is 2.39. The Morgan fingerprint density at radius 3 is 2.71 bits per heavy atom. The smallest absolute Gasteiger partial charge is 0.296 e. The van der Waals surface area contributed by atoms with Crippen LogP contribution in [0.4, 0.5) is 18.9 Å². The molecule has 0 radical (unpaired) electrons. The summed E-state index contributed by atoms with van der Waals surface area (Å²) >= 11 is 0. The number of benzene rings is 2. The number of rotatable bonds is 7. The molecule has 0 aromatic heterocycles. The van der Waals surface area contributed by atoms with Crippen LogP contribution in [0, 0.1) is 5.92 Å². The van der Waals surface area contributed by atoms with Gasteiger partial charge in [0.05, 0.1) is 18.2 Å². The molecule has 9 heteroatoms. The Kier molecular flexibility index (Phi) is 6.52. The molecule has 2 aliphatic rings. The minimum atomic E-state index is -3.08. The van der Waals surface area contributed by atoms with Crippen LogP contribution in [-0.2, 0) is 17.3 Å². The lowest BCUT2D eigenvalue weighted by molar-refractivity contribution is -0.103. The van der Waals surface area contributed by atoms with Gasteiger partial charge in [-0.05, 0) is 44.5 Å². The molecule has 184 valence electrons. The maximum absolute atomic E-state index is 14.0. The van der Waals surface area contributed by atoms with Crippen LogP contribution in [0.5, 0.6) is 5.75 Å². The van der Waals surface area contributed by atoms with Crippen molar-refractivity contribution in [2.45, 2.75) is 44.9 Å². The van der Waals surface area contributed by atoms with E-state index in [-0.39, 0.29) is 29.2 Å². The van der Waals surface area contributed by atoms with E-state index in [4.69, 9.17) is 9.47 Å². The predicted octanol–water partition coefficient (Wildman–Crippen LogP) is 4.31. The first-order valence-corrected chi connectivity index (χ1v) is 11.2. The summed E-state index contributed by atoms with van der Waals surface area (Å²) in [6.45, 7) is 4.96. The second-order valence-electron chi connectivity index (χ2n) is 9.50. The lowest BCUT2D eigenvalue weighted by Gasteiger charge is -2.46. The molecule has 1 amide bonds. The second-order valence-corrected chi connectivity index (χ2v) is 9.50. The molecule has 0 aliphatic carbocycles. The van der Waals surface area contributed by atoms with E-state index in [0.29, 0.717) is 24.4 Å². The predicted molar refractivity (Wildman–Crippen MR) is 121 cm³/mol. The summed E-state index contributed by atoms with van der Waals surface area (Å²) in [5.41, 5.74) is 1.03. The molecule has 2 aromatic rings. The summed E-state index contributed by atoms with van der Waals surface area (Å²) < 4.78 is 51.2. The minimum absolute atomic E-state index is 0.0162. The fourth-order valence-electron chi connectivity index (χ4n) is 4.33. The van der Waals surface area contributed by atoms with E-state index in [1.165, 1.54) is 18.2 Å². The molecule has 0 bridgehead atoms. The first kappa shape index (κ1) is 24.3. The van der Waals surface area contributed by atoms with E-state index in [9.17, 15) is 23.1 Å². The Morgan fingerprint density at radius 1 is 1.29 bits per heavy atom. The van der Waals surface area contributed by atoms with Gasteiger partial charge in [0.15, 0.2) is 0 Å². The third-order valence-corrected chi connectivity index (χ3v) is 6.57. The lowest BCUT2D eigenvalue weighted by atomic mass is 9.84. The van der Waals surface area contributed by atoms with Gasteiger partial charge in [0.25, 0.3) is 11.8 Å². The van der Waals surface area contributed by atoms with Crippen LogP contribution >= 0.6 is 0 Å². The fraction of sp³-hybridized carbons (Fsp3) is 0.480. The van der Waals surface area contributed by atoms with Crippen LogP contribution in [0.3, 0.4) is 0 Å². The number of hydrogen-bond acceptors (Lipinski definition) is 5. The highest BCUT2D eigenvalue weighted by atomic mass is 19.3. The van der Waals surface area contributed by atoms with Crippen molar-refractivity contribution in [3.05, 3.63) is 58.7 Å². The summed E-state index contributed by atoms with van der Waals surface area (Å²) in [5, 5.41) is 13.0. The van der Waals surface area contributed by atoms with Crippen LogP contribution in [0.15, 0.2) is 36.4 Å². The van der Waals surface area contributed by atoms with Crippen LogP contribution < -0.4 is 15.0 Å². The zero-order chi connectivity index (χ0) is 24.7. The summed E-state index contributed by atoms with van der Waals surface area (Å²) in [6.07, 6.45) is 0. The molecule has 2 heterocycles. The highest BCUT2D eigenvalue weighted by Crippen LogP contribution is 2.37. The van der Waals surface area contributed by atoms with Gasteiger partial charge < -0.3 is 24.8 Å². The summed E-state index contributed by atoms with van der Waals surface area (Å²) in [5.74, 6) is -3.09. The van der Waals surface area contributed by atoms with Crippen molar-refractivity contribution < 1.29 is 32.5 Å². The third kappa shape index (κ3) is 4.86. The monoisotopic (exact) mass is 478 g/mol. The first-order valence-electron chi connectivity index (χ1n) is 11.2. The number of ether oxygens (including phenoxy) is 2. The number of carbonyl (C=O) groups is 1. The summed E-state index contributed by atoms with van der Waals surface area (Å²) in [4.78, 5) is 14.9. The molecule has 0 spiro atoms. The summed E-state index contributed by atoms with van der Waals surface area (Å²) in [7, 11) is 0. The summed E-state index contributed by atoms with van der Waals surface area (Å²) in [6, 6.07) is 8.86. The van der Waals surface area contributed by atoms with Crippen molar-refractivity contribution >= 4 is 11.6 Å². The van der Waals surface area contributed by atoms with E-state index in [2.05, 4.69) is 10.2 Å². The molecule has 1 saturated heterocycles. The van der Waals surface area contributed by atoms with Crippen molar-refractivity contribution in [3.8, 4) is 5.75 Å². The molecule has 2 N–H and O–H groups in total. The molecule has 1 fully saturated rings. The van der Waals surface area contributed by atoms with Gasteiger partial charge in [-0.1, -0.05) is 12.1 Å². The Balaban J connectivity index is 1.48. The van der Waals surface area contributed by atoms with Crippen molar-refractivity contribution in [1.82, 2.24) is 5.32 Å². The van der Waals surface area contributed by atoms with Gasteiger partial charge >= 0.3 is 0 Å². The van der Waals surface area contributed by atoms with Crippen molar-refractivity contribution in [1.29, 1.82) is 0 Å². The maximum Gasteiger partial charge on any atom is 0.296 e. The van der Waals surface area contributed by atoms with Gasteiger partial charge in [-0.15, -0.1) is 0 Å². The molecule has 4 rings (SSSR count). The lowest BCUT2D eigenvalue weighted by Crippen LogP contribution is -2.55. The standard InChI is InChI=1S/C25H29F3N2O4/c1-15(29-23(31)16-4-7-21-17(8-16)12-33-13-25(21,27)28)20-6-5-19(9-22(20)34-14-26)30-10-18(11-30)24(2,3)32/h4-9,15,18,32H,10-14H2,1-3H3,(H,29,31)/t15-/m0/s1. The normalized spacial score (nSPS) is 18.6. The zero-order valence-corrected chi connectivity index (χ0v) is 19.4. The molecule has 34 heavy (non-hydrogen) atoms. The van der Waals surface area contributed by atoms with E-state index in [0.717, 1.165) is 5.69 Å². The Morgan fingerprint density at radius 2 is 2.03 bits per heavy atom. The number of alkyl halides is 3. The topological polar surface area (TPSA) is 71.0 Å². The van der Waals surface area contributed by atoms with E-state index < -0.39 is 36.9 Å². The number of carbonyl (C=O) groups excluding carboxylic acids is 1. The quantitative estimate of drug-likeness (QED) is 0.621. The minimum Gasteiger partial charge on any atom is -0.462 e. The molecule has 1 atom stereocenters. The number of halogens is 3. The number of nitrogens with zero attached hydrogens (tertiary/aromatic N) is 1. The Bertz CT molecular complexity index is 1060. The Hall–Kier alpha value is -2.78. The average Bonchev–Trinajstić information content (AvgIpc) is 2.71. The third-order valence-electron chi connectivity index (χ3n) is 6.57. The van der Waals surface area contributed by atoms with Gasteiger partial charge in [-0.3, -0.25) is 4.79 Å².